The number of hydrogen-bond donors (Lipinski definition) is 2. The molecule has 0 aliphatic carbocycles. The molecule has 0 spiro atoms. The molecule has 0 saturated carbocycles. The van der Waals surface area contributed by atoms with Gasteiger partial charge in [-0.05, 0) is 54.8 Å². The molecule has 1 aromatic heterocycles. The molecule has 1 aliphatic rings. The van der Waals surface area contributed by atoms with Gasteiger partial charge < -0.3 is 19.7 Å². The number of H-pyrrole nitrogens is 1. The standard InChI is InChI=1S/C29H26N2O4/c1-18-7-9-19(10-8-18)26-25(27(32)20-11-13-22(35-2)14-12-20)28(33)29(34)31(26)16-15-21-17-30-24-6-4-3-5-23(21)24/h3-14,17,26,30,32H,15-16H2,1-2H3/t26-/m0/s1. The van der Waals surface area contributed by atoms with Gasteiger partial charge in [-0.1, -0.05) is 48.0 Å². The lowest BCUT2D eigenvalue weighted by Crippen LogP contribution is -2.31. The lowest BCUT2D eigenvalue weighted by atomic mass is 9.94. The highest BCUT2D eigenvalue weighted by molar-refractivity contribution is 6.46. The van der Waals surface area contributed by atoms with E-state index in [1.54, 1.807) is 36.3 Å². The number of nitrogens with zero attached hydrogens (tertiary/aromatic N) is 1. The average molecular weight is 467 g/mol. The number of aromatic nitrogens is 1. The third-order valence-corrected chi connectivity index (χ3v) is 6.59. The van der Waals surface area contributed by atoms with Gasteiger partial charge in [-0.3, -0.25) is 9.59 Å². The number of ketones is 1. The summed E-state index contributed by atoms with van der Waals surface area (Å²) in [4.78, 5) is 31.3. The highest BCUT2D eigenvalue weighted by atomic mass is 16.5. The number of benzene rings is 3. The number of amides is 1. The number of ether oxygens (including phenoxy) is 1. The molecule has 1 atom stereocenters. The Hall–Kier alpha value is -4.32. The fourth-order valence-electron chi connectivity index (χ4n) is 4.69. The van der Waals surface area contributed by atoms with Gasteiger partial charge in [0.2, 0.25) is 0 Å². The molecule has 1 fully saturated rings. The van der Waals surface area contributed by atoms with Crippen LogP contribution >= 0.6 is 0 Å². The fraction of sp³-hybridized carbons (Fsp3) is 0.172. The maximum atomic E-state index is 13.2. The molecule has 1 aliphatic heterocycles. The first-order valence-electron chi connectivity index (χ1n) is 11.5. The first kappa shape index (κ1) is 22.5. The summed E-state index contributed by atoms with van der Waals surface area (Å²) in [5, 5.41) is 12.3. The summed E-state index contributed by atoms with van der Waals surface area (Å²) < 4.78 is 5.20. The van der Waals surface area contributed by atoms with Gasteiger partial charge >= 0.3 is 0 Å². The number of methoxy groups -OCH3 is 1. The Kier molecular flexibility index (Phi) is 5.87. The average Bonchev–Trinajstić information content (AvgIpc) is 3.41. The van der Waals surface area contributed by atoms with E-state index in [2.05, 4.69) is 4.98 Å². The first-order chi connectivity index (χ1) is 17.0. The Balaban J connectivity index is 1.55. The van der Waals surface area contributed by atoms with E-state index < -0.39 is 17.7 Å². The largest absolute Gasteiger partial charge is 0.507 e. The van der Waals surface area contributed by atoms with E-state index in [0.29, 0.717) is 24.3 Å². The normalized spacial score (nSPS) is 17.3. The van der Waals surface area contributed by atoms with Crippen molar-refractivity contribution in [3.63, 3.8) is 0 Å². The zero-order valence-electron chi connectivity index (χ0n) is 19.6. The second-order valence-electron chi connectivity index (χ2n) is 8.74. The molecular weight excluding hydrogens is 440 g/mol. The molecule has 1 amide bonds. The van der Waals surface area contributed by atoms with Crippen molar-refractivity contribution in [2.24, 2.45) is 0 Å². The van der Waals surface area contributed by atoms with Crippen LogP contribution < -0.4 is 4.74 Å². The van der Waals surface area contributed by atoms with Gasteiger partial charge in [0.25, 0.3) is 11.7 Å². The van der Waals surface area contributed by atoms with Crippen LogP contribution in [0.1, 0.15) is 28.3 Å². The third-order valence-electron chi connectivity index (χ3n) is 6.59. The van der Waals surface area contributed by atoms with E-state index >= 15 is 0 Å². The van der Waals surface area contributed by atoms with Crippen LogP contribution in [-0.2, 0) is 16.0 Å². The summed E-state index contributed by atoms with van der Waals surface area (Å²) in [6.07, 6.45) is 2.52. The molecule has 0 unspecified atom stereocenters. The van der Waals surface area contributed by atoms with E-state index in [0.717, 1.165) is 27.6 Å². The van der Waals surface area contributed by atoms with Crippen molar-refractivity contribution in [3.05, 3.63) is 107 Å². The first-order valence-corrected chi connectivity index (χ1v) is 11.5. The van der Waals surface area contributed by atoms with Gasteiger partial charge in [0.05, 0.1) is 18.7 Å². The van der Waals surface area contributed by atoms with Gasteiger partial charge in [-0.2, -0.15) is 0 Å². The quantitative estimate of drug-likeness (QED) is 0.234. The predicted octanol–water partition coefficient (Wildman–Crippen LogP) is 5.15. The molecule has 6 heteroatoms. The number of aromatic amines is 1. The molecular formula is C29H26N2O4. The minimum absolute atomic E-state index is 0.1000. The molecule has 2 heterocycles. The number of aliphatic hydroxyl groups excluding tert-OH is 1. The Bertz CT molecular complexity index is 1430. The molecule has 6 nitrogen and oxygen atoms in total. The molecule has 3 aromatic carbocycles. The van der Waals surface area contributed by atoms with Crippen LogP contribution in [0.25, 0.3) is 16.7 Å². The summed E-state index contributed by atoms with van der Waals surface area (Å²) in [7, 11) is 1.56. The second kappa shape index (κ2) is 9.14. The van der Waals surface area contributed by atoms with Crippen molar-refractivity contribution in [3.8, 4) is 5.75 Å². The molecule has 5 rings (SSSR count). The number of aryl methyl sites for hydroxylation is 1. The number of Topliss-reactive ketones (excluding diaryl/α,β-unsaturated/α-hetero) is 1. The summed E-state index contributed by atoms with van der Waals surface area (Å²) in [5.74, 6) is -0.838. The summed E-state index contributed by atoms with van der Waals surface area (Å²) in [5.41, 5.74) is 4.50. The molecule has 35 heavy (non-hydrogen) atoms. The van der Waals surface area contributed by atoms with Crippen LogP contribution in [0.2, 0.25) is 0 Å². The molecule has 0 bridgehead atoms. The number of para-hydroxylation sites is 1. The van der Waals surface area contributed by atoms with Gasteiger partial charge in [0, 0.05) is 29.2 Å². The highest BCUT2D eigenvalue weighted by Crippen LogP contribution is 2.40. The zero-order chi connectivity index (χ0) is 24.5. The van der Waals surface area contributed by atoms with Crippen molar-refractivity contribution in [2.45, 2.75) is 19.4 Å². The van der Waals surface area contributed by atoms with Crippen molar-refractivity contribution < 1.29 is 19.4 Å². The van der Waals surface area contributed by atoms with Gasteiger partial charge in [-0.25, -0.2) is 0 Å². The van der Waals surface area contributed by atoms with Gasteiger partial charge in [0.1, 0.15) is 11.5 Å². The van der Waals surface area contributed by atoms with Crippen molar-refractivity contribution in [2.75, 3.05) is 13.7 Å². The topological polar surface area (TPSA) is 82.6 Å². The monoisotopic (exact) mass is 466 g/mol. The number of hydrogen-bond acceptors (Lipinski definition) is 4. The predicted molar refractivity (Wildman–Crippen MR) is 135 cm³/mol. The minimum atomic E-state index is -0.678. The van der Waals surface area contributed by atoms with Crippen LogP contribution in [0.15, 0.2) is 84.6 Å². The third kappa shape index (κ3) is 4.08. The van der Waals surface area contributed by atoms with Crippen LogP contribution in [0.4, 0.5) is 0 Å². The van der Waals surface area contributed by atoms with E-state index in [9.17, 15) is 14.7 Å². The summed E-state index contributed by atoms with van der Waals surface area (Å²) >= 11 is 0. The Labute approximate surface area is 203 Å². The maximum Gasteiger partial charge on any atom is 0.295 e. The van der Waals surface area contributed by atoms with E-state index in [1.165, 1.54) is 0 Å². The lowest BCUT2D eigenvalue weighted by Gasteiger charge is -2.25. The van der Waals surface area contributed by atoms with Crippen LogP contribution in [0.3, 0.4) is 0 Å². The van der Waals surface area contributed by atoms with Crippen molar-refractivity contribution in [1.29, 1.82) is 0 Å². The lowest BCUT2D eigenvalue weighted by molar-refractivity contribution is -0.139. The zero-order valence-corrected chi connectivity index (χ0v) is 19.6. The molecule has 176 valence electrons. The molecule has 1 saturated heterocycles. The minimum Gasteiger partial charge on any atom is -0.507 e. The Morgan fingerprint density at radius 1 is 1.00 bits per heavy atom. The number of fused-ring (bicyclic) bond motifs is 1. The van der Waals surface area contributed by atoms with Crippen LogP contribution in [-0.4, -0.2) is 40.3 Å². The summed E-state index contributed by atoms with van der Waals surface area (Å²) in [6, 6.07) is 21.8. The maximum absolute atomic E-state index is 13.2. The molecule has 2 N–H and O–H groups in total. The molecule has 0 radical (unpaired) electrons. The van der Waals surface area contributed by atoms with E-state index in [4.69, 9.17) is 4.74 Å². The van der Waals surface area contributed by atoms with E-state index in [-0.39, 0.29) is 11.3 Å². The second-order valence-corrected chi connectivity index (χ2v) is 8.74. The van der Waals surface area contributed by atoms with Crippen LogP contribution in [0.5, 0.6) is 5.75 Å². The smallest absolute Gasteiger partial charge is 0.295 e. The van der Waals surface area contributed by atoms with Crippen molar-refractivity contribution in [1.82, 2.24) is 9.88 Å². The molecule has 4 aromatic rings. The Morgan fingerprint density at radius 2 is 1.71 bits per heavy atom. The van der Waals surface area contributed by atoms with Crippen molar-refractivity contribution >= 4 is 28.4 Å². The number of carbonyl (C=O) groups excluding carboxylic acids is 2. The number of nitrogens with one attached hydrogen (secondary N) is 1. The van der Waals surface area contributed by atoms with E-state index in [1.807, 2.05) is 61.7 Å². The number of likely N-dealkylation sites (tertiary alicyclic amines) is 1. The fourth-order valence-corrected chi connectivity index (χ4v) is 4.69. The summed E-state index contributed by atoms with van der Waals surface area (Å²) in [6.45, 7) is 2.32. The Morgan fingerprint density at radius 3 is 2.43 bits per heavy atom. The number of carbonyl (C=O) groups is 2. The highest BCUT2D eigenvalue weighted by Gasteiger charge is 2.45. The van der Waals surface area contributed by atoms with Gasteiger partial charge in [0.15, 0.2) is 0 Å². The van der Waals surface area contributed by atoms with Gasteiger partial charge in [-0.15, -0.1) is 0 Å². The number of rotatable bonds is 6. The number of aliphatic hydroxyl groups is 1. The SMILES string of the molecule is COc1ccc(C(O)=C2C(=O)C(=O)N(CCc3c[nH]c4ccccc34)[C@H]2c2ccc(C)cc2)cc1. The van der Waals surface area contributed by atoms with Crippen LogP contribution in [0, 0.1) is 6.92 Å².